The van der Waals surface area contributed by atoms with E-state index in [0.717, 1.165) is 30.0 Å². The van der Waals surface area contributed by atoms with E-state index in [0.29, 0.717) is 24.9 Å². The van der Waals surface area contributed by atoms with Crippen molar-refractivity contribution in [2.75, 3.05) is 39.0 Å². The maximum absolute atomic E-state index is 12.6. The fourth-order valence-electron chi connectivity index (χ4n) is 4.57. The number of amides is 1. The highest BCUT2D eigenvalue weighted by Gasteiger charge is 2.20. The monoisotopic (exact) mass is 497 g/mol. The second kappa shape index (κ2) is 10.9. The SMILES string of the molecule is CCn1c(CCC(=O)Nc2ccc(CCN3CCCC3)cc2)nc2cc(S(=O)(=O)N(C)C)ccc21. The smallest absolute Gasteiger partial charge is 0.242 e. The van der Waals surface area contributed by atoms with Crippen LogP contribution in [0.5, 0.6) is 0 Å². The first kappa shape index (κ1) is 25.3. The molecular weight excluding hydrogens is 462 g/mol. The number of hydrogen-bond acceptors (Lipinski definition) is 5. The van der Waals surface area contributed by atoms with Gasteiger partial charge in [0.1, 0.15) is 5.82 Å². The van der Waals surface area contributed by atoms with Crippen molar-refractivity contribution in [3.63, 3.8) is 0 Å². The van der Waals surface area contributed by atoms with E-state index < -0.39 is 10.0 Å². The van der Waals surface area contributed by atoms with Crippen molar-refractivity contribution in [1.82, 2.24) is 18.8 Å². The first-order valence-corrected chi connectivity index (χ1v) is 13.7. The molecule has 8 nitrogen and oxygen atoms in total. The molecule has 2 heterocycles. The van der Waals surface area contributed by atoms with Gasteiger partial charge in [-0.05, 0) is 75.2 Å². The minimum absolute atomic E-state index is 0.0691. The predicted molar refractivity (Wildman–Crippen MR) is 139 cm³/mol. The second-order valence-electron chi connectivity index (χ2n) is 9.25. The van der Waals surface area contributed by atoms with Gasteiger partial charge in [-0.3, -0.25) is 4.79 Å². The number of aryl methyl sites for hydroxylation is 2. The van der Waals surface area contributed by atoms with Gasteiger partial charge in [0.2, 0.25) is 15.9 Å². The summed E-state index contributed by atoms with van der Waals surface area (Å²) in [5, 5.41) is 2.98. The van der Waals surface area contributed by atoms with Crippen LogP contribution in [0.1, 0.15) is 37.6 Å². The van der Waals surface area contributed by atoms with Crippen LogP contribution in [0.25, 0.3) is 11.0 Å². The van der Waals surface area contributed by atoms with E-state index in [4.69, 9.17) is 0 Å². The van der Waals surface area contributed by atoms with Gasteiger partial charge in [-0.1, -0.05) is 12.1 Å². The first-order chi connectivity index (χ1) is 16.8. The van der Waals surface area contributed by atoms with E-state index in [2.05, 4.69) is 27.3 Å². The molecular formula is C26H35N5O3S. The third-order valence-electron chi connectivity index (χ3n) is 6.62. The average Bonchev–Trinajstić information content (AvgIpc) is 3.49. The van der Waals surface area contributed by atoms with Gasteiger partial charge in [0.25, 0.3) is 0 Å². The number of likely N-dealkylation sites (tertiary alicyclic amines) is 1. The molecule has 188 valence electrons. The Balaban J connectivity index is 1.37. The molecule has 2 aromatic carbocycles. The molecule has 3 aromatic rings. The van der Waals surface area contributed by atoms with Crippen molar-refractivity contribution >= 4 is 32.7 Å². The van der Waals surface area contributed by atoms with Crippen molar-refractivity contribution in [1.29, 1.82) is 0 Å². The number of imidazole rings is 1. The number of carbonyl (C=O) groups excluding carboxylic acids is 1. The van der Waals surface area contributed by atoms with Crippen LogP contribution in [0.4, 0.5) is 5.69 Å². The lowest BCUT2D eigenvalue weighted by Crippen LogP contribution is -2.22. The summed E-state index contributed by atoms with van der Waals surface area (Å²) in [5.74, 6) is 0.703. The molecule has 1 amide bonds. The number of fused-ring (bicyclic) bond motifs is 1. The van der Waals surface area contributed by atoms with Crippen LogP contribution >= 0.6 is 0 Å². The summed E-state index contributed by atoms with van der Waals surface area (Å²) in [5.41, 5.74) is 3.56. The fraction of sp³-hybridized carbons (Fsp3) is 0.462. The summed E-state index contributed by atoms with van der Waals surface area (Å²) in [6.45, 7) is 6.20. The molecule has 1 aromatic heterocycles. The Morgan fingerprint density at radius 3 is 2.43 bits per heavy atom. The van der Waals surface area contributed by atoms with Crippen molar-refractivity contribution < 1.29 is 13.2 Å². The number of nitrogens with zero attached hydrogens (tertiary/aromatic N) is 4. The third-order valence-corrected chi connectivity index (χ3v) is 8.43. The quantitative estimate of drug-likeness (QED) is 0.463. The Bertz CT molecular complexity index is 1280. The van der Waals surface area contributed by atoms with E-state index in [1.807, 2.05) is 23.6 Å². The van der Waals surface area contributed by atoms with Crippen molar-refractivity contribution in [2.24, 2.45) is 0 Å². The number of aromatic nitrogens is 2. The summed E-state index contributed by atoms with van der Waals surface area (Å²) >= 11 is 0. The van der Waals surface area contributed by atoms with Gasteiger partial charge in [0.05, 0.1) is 15.9 Å². The summed E-state index contributed by atoms with van der Waals surface area (Å²) in [7, 11) is -0.512. The Kier molecular flexibility index (Phi) is 7.88. The normalized spacial score (nSPS) is 14.7. The molecule has 35 heavy (non-hydrogen) atoms. The van der Waals surface area contributed by atoms with Crippen molar-refractivity contribution in [3.8, 4) is 0 Å². The number of sulfonamides is 1. The van der Waals surface area contributed by atoms with Gasteiger partial charge in [0, 0.05) is 45.7 Å². The van der Waals surface area contributed by atoms with Crippen LogP contribution in [0.3, 0.4) is 0 Å². The van der Waals surface area contributed by atoms with Crippen molar-refractivity contribution in [3.05, 3.63) is 53.9 Å². The van der Waals surface area contributed by atoms with Crippen LogP contribution in [0.2, 0.25) is 0 Å². The van der Waals surface area contributed by atoms with Crippen LogP contribution in [0.15, 0.2) is 47.4 Å². The zero-order valence-corrected chi connectivity index (χ0v) is 21.6. The highest BCUT2D eigenvalue weighted by atomic mass is 32.2. The first-order valence-electron chi connectivity index (χ1n) is 12.3. The van der Waals surface area contributed by atoms with Crippen LogP contribution in [-0.4, -0.2) is 66.8 Å². The zero-order chi connectivity index (χ0) is 25.0. The number of hydrogen-bond donors (Lipinski definition) is 1. The fourth-order valence-corrected chi connectivity index (χ4v) is 5.49. The largest absolute Gasteiger partial charge is 0.328 e. The van der Waals surface area contributed by atoms with E-state index in [1.165, 1.54) is 49.9 Å². The van der Waals surface area contributed by atoms with E-state index in [-0.39, 0.29) is 10.8 Å². The van der Waals surface area contributed by atoms with Crippen LogP contribution < -0.4 is 5.32 Å². The highest BCUT2D eigenvalue weighted by molar-refractivity contribution is 7.89. The molecule has 0 aliphatic carbocycles. The average molecular weight is 498 g/mol. The predicted octanol–water partition coefficient (Wildman–Crippen LogP) is 3.52. The number of rotatable bonds is 10. The number of carbonyl (C=O) groups is 1. The van der Waals surface area contributed by atoms with E-state index in [1.54, 1.807) is 18.2 Å². The Labute approximate surface area is 208 Å². The van der Waals surface area contributed by atoms with Gasteiger partial charge in [-0.25, -0.2) is 17.7 Å². The van der Waals surface area contributed by atoms with Gasteiger partial charge in [-0.15, -0.1) is 0 Å². The van der Waals surface area contributed by atoms with Gasteiger partial charge in [0.15, 0.2) is 0 Å². The Morgan fingerprint density at radius 2 is 1.77 bits per heavy atom. The minimum Gasteiger partial charge on any atom is -0.328 e. The molecule has 1 aliphatic heterocycles. The molecule has 1 N–H and O–H groups in total. The topological polar surface area (TPSA) is 87.5 Å². The molecule has 0 saturated carbocycles. The van der Waals surface area contributed by atoms with Crippen molar-refractivity contribution in [2.45, 2.75) is 50.5 Å². The summed E-state index contributed by atoms with van der Waals surface area (Å²) in [6, 6.07) is 13.1. The molecule has 1 aliphatic rings. The number of anilines is 1. The number of benzene rings is 2. The molecule has 0 bridgehead atoms. The molecule has 0 spiro atoms. The minimum atomic E-state index is -3.53. The maximum Gasteiger partial charge on any atom is 0.242 e. The molecule has 1 saturated heterocycles. The zero-order valence-electron chi connectivity index (χ0n) is 20.8. The molecule has 0 unspecified atom stereocenters. The second-order valence-corrected chi connectivity index (χ2v) is 11.4. The van der Waals surface area contributed by atoms with E-state index in [9.17, 15) is 13.2 Å². The van der Waals surface area contributed by atoms with Gasteiger partial charge < -0.3 is 14.8 Å². The van der Waals surface area contributed by atoms with E-state index >= 15 is 0 Å². The lowest BCUT2D eigenvalue weighted by atomic mass is 10.1. The van der Waals surface area contributed by atoms with Crippen LogP contribution in [0, 0.1) is 0 Å². The molecule has 0 atom stereocenters. The lowest BCUT2D eigenvalue weighted by Gasteiger charge is -2.14. The highest BCUT2D eigenvalue weighted by Crippen LogP contribution is 2.23. The Hall–Kier alpha value is -2.75. The summed E-state index contributed by atoms with van der Waals surface area (Å²) in [4.78, 5) is 20.0. The molecule has 1 fully saturated rings. The Morgan fingerprint density at radius 1 is 1.06 bits per heavy atom. The molecule has 0 radical (unpaired) electrons. The number of nitrogens with one attached hydrogen (secondary N) is 1. The van der Waals surface area contributed by atoms with Crippen LogP contribution in [-0.2, 0) is 34.2 Å². The van der Waals surface area contributed by atoms with Gasteiger partial charge in [-0.2, -0.15) is 0 Å². The lowest BCUT2D eigenvalue weighted by molar-refractivity contribution is -0.116. The molecule has 4 rings (SSSR count). The molecule has 9 heteroatoms. The maximum atomic E-state index is 12.6. The standard InChI is InChI=1S/C26H35N5O3S/c1-4-31-24-12-11-22(35(33,34)29(2)3)19-23(24)28-25(31)13-14-26(32)27-21-9-7-20(8-10-21)15-18-30-16-5-6-17-30/h7-12,19H,4-6,13-18H2,1-3H3,(H,27,32). The third kappa shape index (κ3) is 5.91. The summed E-state index contributed by atoms with van der Waals surface area (Å²) < 4.78 is 28.2. The summed E-state index contributed by atoms with van der Waals surface area (Å²) in [6.07, 6.45) is 4.40. The van der Waals surface area contributed by atoms with Gasteiger partial charge >= 0.3 is 0 Å².